The van der Waals surface area contributed by atoms with Gasteiger partial charge in [-0.1, -0.05) is 43.0 Å². The van der Waals surface area contributed by atoms with E-state index in [-0.39, 0.29) is 28.4 Å². The Morgan fingerprint density at radius 3 is 2.75 bits per heavy atom. The van der Waals surface area contributed by atoms with Crippen LogP contribution in [-0.4, -0.2) is 28.4 Å². The molecule has 0 N–H and O–H groups in total. The van der Waals surface area contributed by atoms with E-state index < -0.39 is 0 Å². The van der Waals surface area contributed by atoms with Crippen LogP contribution in [0.1, 0.15) is 16.7 Å². The van der Waals surface area contributed by atoms with Crippen molar-refractivity contribution in [1.29, 1.82) is 0 Å². The second kappa shape index (κ2) is 4.14. The molecule has 0 amide bonds. The molecule has 0 saturated heterocycles. The van der Waals surface area contributed by atoms with Crippen molar-refractivity contribution in [3.63, 3.8) is 0 Å². The van der Waals surface area contributed by atoms with Gasteiger partial charge in [-0.3, -0.25) is 0 Å². The topological polar surface area (TPSA) is 0 Å². The molecule has 1 aliphatic rings. The minimum atomic E-state index is 0. The maximum absolute atomic E-state index is 2.37. The second-order valence-electron chi connectivity index (χ2n) is 3.00. The van der Waals surface area contributed by atoms with Gasteiger partial charge in [-0.15, -0.1) is 0 Å². The van der Waals surface area contributed by atoms with E-state index in [1.807, 2.05) is 0 Å². The van der Waals surface area contributed by atoms with E-state index in [0.29, 0.717) is 0 Å². The summed E-state index contributed by atoms with van der Waals surface area (Å²) in [5, 5.41) is 0. The number of hydrogen-bond acceptors (Lipinski definition) is 0. The van der Waals surface area contributed by atoms with Crippen LogP contribution in [0.4, 0.5) is 0 Å². The van der Waals surface area contributed by atoms with Crippen LogP contribution in [0, 0.1) is 0 Å². The van der Waals surface area contributed by atoms with Crippen molar-refractivity contribution in [1.82, 2.24) is 0 Å². The van der Waals surface area contributed by atoms with Gasteiger partial charge in [0, 0.05) is 9.52 Å². The van der Waals surface area contributed by atoms with E-state index in [1.54, 1.807) is 5.56 Å². The summed E-state index contributed by atoms with van der Waals surface area (Å²) in [7, 11) is 0.0950. The van der Waals surface area contributed by atoms with Crippen molar-refractivity contribution >= 4 is 34.5 Å². The molecule has 58 valence electrons. The molecule has 0 radical (unpaired) electrons. The maximum atomic E-state index is 2.37. The molecule has 0 saturated carbocycles. The van der Waals surface area contributed by atoms with Gasteiger partial charge in [0.25, 0.3) is 0 Å². The molecule has 0 fully saturated rings. The zero-order valence-corrected chi connectivity index (χ0v) is 8.16. The fraction of sp³-hybridized carbons (Fsp3) is 0.200. The van der Waals surface area contributed by atoms with E-state index in [4.69, 9.17) is 0 Å². The van der Waals surface area contributed by atoms with E-state index in [0.717, 1.165) is 5.54 Å². The number of rotatable bonds is 1. The first-order chi connectivity index (χ1) is 5.42. The predicted molar refractivity (Wildman–Crippen MR) is 59.8 cm³/mol. The molecular formula is C10H13LiSi. The van der Waals surface area contributed by atoms with Gasteiger partial charge in [-0.2, -0.15) is 0 Å². The van der Waals surface area contributed by atoms with Gasteiger partial charge in [-0.25, -0.2) is 0 Å². The predicted octanol–water partition coefficient (Wildman–Crippen LogP) is 1.32. The molecule has 0 heterocycles. The van der Waals surface area contributed by atoms with Crippen molar-refractivity contribution in [2.75, 3.05) is 0 Å². The van der Waals surface area contributed by atoms with Crippen LogP contribution in [0.5, 0.6) is 0 Å². The Hall–Kier alpha value is -0.226. The summed E-state index contributed by atoms with van der Waals surface area (Å²) in [6.45, 7) is 2.37. The third kappa shape index (κ3) is 1.59. The quantitative estimate of drug-likeness (QED) is 0.555. The molecule has 1 aromatic carbocycles. The summed E-state index contributed by atoms with van der Waals surface area (Å²) < 4.78 is 0. The van der Waals surface area contributed by atoms with Gasteiger partial charge in [0.15, 0.2) is 0 Å². The van der Waals surface area contributed by atoms with Crippen molar-refractivity contribution in [2.24, 2.45) is 0 Å². The van der Waals surface area contributed by atoms with Gasteiger partial charge in [0.2, 0.25) is 0 Å². The summed E-state index contributed by atoms with van der Waals surface area (Å²) in [4.78, 5) is 0. The van der Waals surface area contributed by atoms with Crippen LogP contribution in [0.3, 0.4) is 0 Å². The Morgan fingerprint density at radius 1 is 1.25 bits per heavy atom. The van der Waals surface area contributed by atoms with Crippen molar-refractivity contribution < 1.29 is 0 Å². The molecule has 0 aliphatic heterocycles. The van der Waals surface area contributed by atoms with Gasteiger partial charge in [-0.05, 0) is 16.7 Å². The summed E-state index contributed by atoms with van der Waals surface area (Å²) in [6.07, 6.45) is 4.62. The molecule has 2 rings (SSSR count). The van der Waals surface area contributed by atoms with Gasteiger partial charge in [0.1, 0.15) is 0 Å². The first-order valence-corrected chi connectivity index (χ1v) is 6.42. The molecule has 1 aliphatic carbocycles. The number of allylic oxidation sites excluding steroid dienone is 1. The number of fused-ring (bicyclic) bond motifs is 1. The minimum absolute atomic E-state index is 0. The van der Waals surface area contributed by atoms with Crippen molar-refractivity contribution in [2.45, 2.75) is 12.1 Å². The summed E-state index contributed by atoms with van der Waals surface area (Å²) in [5.74, 6) is 0. The van der Waals surface area contributed by atoms with Gasteiger partial charge < -0.3 is 0 Å². The zero-order valence-electron chi connectivity index (χ0n) is 6.75. The number of hydrogen-bond donors (Lipinski definition) is 0. The summed E-state index contributed by atoms with van der Waals surface area (Å²) in [5.41, 5.74) is 3.81. The molecule has 0 spiro atoms. The first-order valence-electron chi connectivity index (χ1n) is 4.19. The summed E-state index contributed by atoms with van der Waals surface area (Å²) >= 11 is 0. The third-order valence-corrected chi connectivity index (χ3v) is 3.94. The van der Waals surface area contributed by atoms with Crippen molar-refractivity contribution in [3.05, 3.63) is 41.5 Å². The Labute approximate surface area is 88.1 Å². The van der Waals surface area contributed by atoms with E-state index >= 15 is 0 Å². The zero-order chi connectivity index (χ0) is 7.68. The van der Waals surface area contributed by atoms with Crippen LogP contribution in [0.25, 0.3) is 6.08 Å². The third-order valence-electron chi connectivity index (χ3n) is 2.34. The Balaban J connectivity index is 0.000000720. The van der Waals surface area contributed by atoms with Crippen LogP contribution in [-0.2, 0) is 0 Å². The van der Waals surface area contributed by atoms with E-state index in [2.05, 4.69) is 43.0 Å². The molecule has 2 heteroatoms. The normalized spacial score (nSPS) is 19.6. The second-order valence-corrected chi connectivity index (χ2v) is 4.70. The van der Waals surface area contributed by atoms with Crippen LogP contribution < -0.4 is 0 Å². The Kier molecular flexibility index (Phi) is 3.40. The average molecular weight is 168 g/mol. The van der Waals surface area contributed by atoms with Crippen LogP contribution in [0.2, 0.25) is 6.55 Å². The fourth-order valence-electron chi connectivity index (χ4n) is 1.68. The van der Waals surface area contributed by atoms with Gasteiger partial charge in [0.05, 0.1) is 0 Å². The Bertz CT molecular complexity index is 294. The monoisotopic (exact) mass is 168 g/mol. The van der Waals surface area contributed by atoms with Crippen LogP contribution >= 0.6 is 0 Å². The van der Waals surface area contributed by atoms with E-state index in [9.17, 15) is 0 Å². The summed E-state index contributed by atoms with van der Waals surface area (Å²) in [6, 6.07) is 8.72. The SMILES string of the molecule is C[SiH2]C1C=Cc2ccccc21.[LiH]. The first kappa shape index (κ1) is 9.86. The number of benzene rings is 1. The molecule has 12 heavy (non-hydrogen) atoms. The molecule has 1 atom stereocenters. The molecule has 1 aromatic rings. The molecule has 0 nitrogen and oxygen atoms in total. The van der Waals surface area contributed by atoms with Gasteiger partial charge >= 0.3 is 18.9 Å². The van der Waals surface area contributed by atoms with Crippen molar-refractivity contribution in [3.8, 4) is 0 Å². The molecular weight excluding hydrogens is 155 g/mol. The molecule has 1 unspecified atom stereocenters. The fourth-order valence-corrected chi connectivity index (χ4v) is 2.90. The Morgan fingerprint density at radius 2 is 2.00 bits per heavy atom. The molecule has 0 bridgehead atoms. The average Bonchev–Trinajstić information content (AvgIpc) is 2.47. The van der Waals surface area contributed by atoms with Crippen LogP contribution in [0.15, 0.2) is 30.3 Å². The standard InChI is InChI=1S/C10H12Si.Li.H/c1-11-10-7-6-8-4-2-3-5-9(8)10;;/h2-7,10H,11H2,1H3;;. The van der Waals surface area contributed by atoms with E-state index in [1.165, 1.54) is 5.56 Å². The molecule has 0 aromatic heterocycles.